The average molecular weight is 342 g/mol. The smallest absolute Gasteiger partial charge is 0.259 e. The van der Waals surface area contributed by atoms with Crippen LogP contribution in [0.25, 0.3) is 0 Å². The Morgan fingerprint density at radius 2 is 2.21 bits per heavy atom. The lowest BCUT2D eigenvalue weighted by Crippen LogP contribution is -2.13. The van der Waals surface area contributed by atoms with Gasteiger partial charge in [0.1, 0.15) is 10.4 Å². The summed E-state index contributed by atoms with van der Waals surface area (Å²) in [6.07, 6.45) is 1.63. The number of nitrogens with zero attached hydrogens (tertiary/aromatic N) is 1. The normalized spacial score (nSPS) is 10.1. The molecule has 19 heavy (non-hydrogen) atoms. The highest BCUT2D eigenvalue weighted by atomic mass is 79.9. The highest BCUT2D eigenvalue weighted by Gasteiger charge is 2.14. The summed E-state index contributed by atoms with van der Waals surface area (Å²) in [5.74, 6) is 0.132. The zero-order valence-electron chi connectivity index (χ0n) is 9.98. The van der Waals surface area contributed by atoms with E-state index in [1.807, 2.05) is 0 Å². The van der Waals surface area contributed by atoms with Crippen molar-refractivity contribution >= 4 is 39.1 Å². The summed E-state index contributed by atoms with van der Waals surface area (Å²) in [5, 5.41) is 3.26. The quantitative estimate of drug-likeness (QED) is 0.865. The second-order valence-electron chi connectivity index (χ2n) is 3.64. The molecular weight excluding hydrogens is 332 g/mol. The molecule has 2 aromatic rings. The fourth-order valence-corrected chi connectivity index (χ4v) is 2.03. The van der Waals surface area contributed by atoms with Gasteiger partial charge in [-0.15, -0.1) is 0 Å². The number of halogens is 2. The Labute approximate surface area is 123 Å². The Hall–Kier alpha value is -1.59. The van der Waals surface area contributed by atoms with E-state index < -0.39 is 0 Å². The van der Waals surface area contributed by atoms with Gasteiger partial charge in [-0.3, -0.25) is 4.79 Å². The molecule has 0 aliphatic carbocycles. The van der Waals surface area contributed by atoms with Crippen molar-refractivity contribution in [2.75, 3.05) is 12.4 Å². The van der Waals surface area contributed by atoms with Crippen molar-refractivity contribution in [3.05, 3.63) is 51.7 Å². The van der Waals surface area contributed by atoms with Gasteiger partial charge < -0.3 is 10.1 Å². The van der Waals surface area contributed by atoms with Gasteiger partial charge in [0.2, 0.25) is 0 Å². The molecule has 0 aliphatic rings. The van der Waals surface area contributed by atoms with Crippen LogP contribution >= 0.6 is 27.5 Å². The van der Waals surface area contributed by atoms with E-state index in [4.69, 9.17) is 16.3 Å². The van der Waals surface area contributed by atoms with Crippen LogP contribution in [0, 0.1) is 0 Å². The number of methoxy groups -OCH3 is 1. The number of ether oxygens (including phenoxy) is 1. The first kappa shape index (κ1) is 13.8. The number of carbonyl (C=O) groups is 1. The Morgan fingerprint density at radius 3 is 2.89 bits per heavy atom. The van der Waals surface area contributed by atoms with Crippen molar-refractivity contribution in [3.8, 4) is 5.75 Å². The molecule has 0 bridgehead atoms. The van der Waals surface area contributed by atoms with Crippen molar-refractivity contribution in [1.29, 1.82) is 0 Å². The standard InChI is InChI=1S/C13H10BrClN2O2/c1-19-11-7-8(15)4-5-9(11)13(18)17-10-3-2-6-16-12(10)14/h2-7H,1H3,(H,17,18). The molecule has 0 spiro atoms. The third-order valence-electron chi connectivity index (χ3n) is 2.42. The van der Waals surface area contributed by atoms with E-state index in [1.54, 1.807) is 36.5 Å². The van der Waals surface area contributed by atoms with Gasteiger partial charge in [-0.05, 0) is 46.3 Å². The number of carbonyl (C=O) groups excluding carboxylic acids is 1. The lowest BCUT2D eigenvalue weighted by molar-refractivity contribution is 0.102. The molecule has 0 aliphatic heterocycles. The fourth-order valence-electron chi connectivity index (χ4n) is 1.52. The molecule has 4 nitrogen and oxygen atoms in total. The maximum absolute atomic E-state index is 12.2. The van der Waals surface area contributed by atoms with Gasteiger partial charge in [-0.2, -0.15) is 0 Å². The molecule has 2 rings (SSSR count). The number of anilines is 1. The number of rotatable bonds is 3. The molecule has 6 heteroatoms. The first-order valence-electron chi connectivity index (χ1n) is 5.37. The number of benzene rings is 1. The molecule has 1 aromatic carbocycles. The third-order valence-corrected chi connectivity index (χ3v) is 3.28. The second kappa shape index (κ2) is 6.04. The molecule has 0 radical (unpaired) electrons. The molecule has 0 saturated heterocycles. The summed E-state index contributed by atoms with van der Waals surface area (Å²) < 4.78 is 5.71. The Bertz CT molecular complexity index is 619. The largest absolute Gasteiger partial charge is 0.496 e. The summed E-state index contributed by atoms with van der Waals surface area (Å²) in [5.41, 5.74) is 0.993. The highest BCUT2D eigenvalue weighted by Crippen LogP contribution is 2.25. The predicted molar refractivity (Wildman–Crippen MR) is 77.9 cm³/mol. The molecule has 1 aromatic heterocycles. The molecule has 98 valence electrons. The minimum Gasteiger partial charge on any atom is -0.496 e. The summed E-state index contributed by atoms with van der Waals surface area (Å²) in [6, 6.07) is 8.32. The SMILES string of the molecule is COc1cc(Cl)ccc1C(=O)Nc1cccnc1Br. The number of nitrogens with one attached hydrogen (secondary N) is 1. The van der Waals surface area contributed by atoms with Gasteiger partial charge in [0.25, 0.3) is 5.91 Å². The number of aromatic nitrogens is 1. The van der Waals surface area contributed by atoms with Gasteiger partial charge in [-0.1, -0.05) is 11.6 Å². The lowest BCUT2D eigenvalue weighted by Gasteiger charge is -2.10. The van der Waals surface area contributed by atoms with Crippen LogP contribution in [-0.4, -0.2) is 18.0 Å². The van der Waals surface area contributed by atoms with Gasteiger partial charge in [0.05, 0.1) is 18.4 Å². The summed E-state index contributed by atoms with van der Waals surface area (Å²) in [6.45, 7) is 0. The minimum absolute atomic E-state index is 0.290. The van der Waals surface area contributed by atoms with Gasteiger partial charge in [0.15, 0.2) is 0 Å². The first-order valence-corrected chi connectivity index (χ1v) is 6.54. The van der Waals surface area contributed by atoms with E-state index in [0.717, 1.165) is 0 Å². The molecule has 0 fully saturated rings. The number of hydrogen-bond acceptors (Lipinski definition) is 3. The van der Waals surface area contributed by atoms with Gasteiger partial charge >= 0.3 is 0 Å². The molecular formula is C13H10BrClN2O2. The van der Waals surface area contributed by atoms with E-state index in [1.165, 1.54) is 7.11 Å². The van der Waals surface area contributed by atoms with E-state index in [0.29, 0.717) is 26.6 Å². The zero-order valence-corrected chi connectivity index (χ0v) is 12.3. The molecule has 0 unspecified atom stereocenters. The van der Waals surface area contributed by atoms with Crippen LogP contribution in [0.15, 0.2) is 41.1 Å². The maximum Gasteiger partial charge on any atom is 0.259 e. The zero-order chi connectivity index (χ0) is 13.8. The molecule has 0 saturated carbocycles. The molecule has 1 N–H and O–H groups in total. The number of pyridine rings is 1. The Kier molecular flexibility index (Phi) is 4.39. The Balaban J connectivity index is 2.28. The van der Waals surface area contributed by atoms with Crippen LogP contribution in [0.1, 0.15) is 10.4 Å². The predicted octanol–water partition coefficient (Wildman–Crippen LogP) is 3.76. The lowest BCUT2D eigenvalue weighted by atomic mass is 10.2. The maximum atomic E-state index is 12.2. The molecule has 1 amide bonds. The first-order chi connectivity index (χ1) is 9.11. The fraction of sp³-hybridized carbons (Fsp3) is 0.0769. The second-order valence-corrected chi connectivity index (χ2v) is 4.83. The average Bonchev–Trinajstić information content (AvgIpc) is 2.41. The molecule has 0 atom stereocenters. The van der Waals surface area contributed by atoms with E-state index >= 15 is 0 Å². The van der Waals surface area contributed by atoms with Gasteiger partial charge in [-0.25, -0.2) is 4.98 Å². The van der Waals surface area contributed by atoms with Crippen LogP contribution in [0.3, 0.4) is 0 Å². The van der Waals surface area contributed by atoms with Crippen molar-refractivity contribution in [3.63, 3.8) is 0 Å². The Morgan fingerprint density at radius 1 is 1.42 bits per heavy atom. The number of amides is 1. The minimum atomic E-state index is -0.290. The monoisotopic (exact) mass is 340 g/mol. The number of hydrogen-bond donors (Lipinski definition) is 1. The summed E-state index contributed by atoms with van der Waals surface area (Å²) >= 11 is 9.12. The van der Waals surface area contributed by atoms with Crippen molar-refractivity contribution in [1.82, 2.24) is 4.98 Å². The van der Waals surface area contributed by atoms with Crippen LogP contribution in [0.2, 0.25) is 5.02 Å². The highest BCUT2D eigenvalue weighted by molar-refractivity contribution is 9.10. The van der Waals surface area contributed by atoms with Crippen LogP contribution in [0.5, 0.6) is 5.75 Å². The van der Waals surface area contributed by atoms with E-state index in [-0.39, 0.29) is 5.91 Å². The van der Waals surface area contributed by atoms with Crippen molar-refractivity contribution in [2.24, 2.45) is 0 Å². The van der Waals surface area contributed by atoms with Crippen LogP contribution < -0.4 is 10.1 Å². The topological polar surface area (TPSA) is 51.2 Å². The summed E-state index contributed by atoms with van der Waals surface area (Å²) in [4.78, 5) is 16.2. The van der Waals surface area contributed by atoms with Crippen LogP contribution in [-0.2, 0) is 0 Å². The molecule has 1 heterocycles. The van der Waals surface area contributed by atoms with E-state index in [9.17, 15) is 4.79 Å². The van der Waals surface area contributed by atoms with Crippen molar-refractivity contribution < 1.29 is 9.53 Å². The van der Waals surface area contributed by atoms with Crippen LogP contribution in [0.4, 0.5) is 5.69 Å². The summed E-state index contributed by atoms with van der Waals surface area (Å²) in [7, 11) is 1.49. The van der Waals surface area contributed by atoms with Gasteiger partial charge in [0, 0.05) is 11.2 Å². The van der Waals surface area contributed by atoms with E-state index in [2.05, 4.69) is 26.2 Å². The third kappa shape index (κ3) is 3.24. The van der Waals surface area contributed by atoms with Crippen molar-refractivity contribution in [2.45, 2.75) is 0 Å².